The van der Waals surface area contributed by atoms with Gasteiger partial charge in [0.05, 0.1) is 35.6 Å². The van der Waals surface area contributed by atoms with Crippen LogP contribution in [-0.4, -0.2) is 40.7 Å². The molecule has 184 valence electrons. The third-order valence-corrected chi connectivity index (χ3v) is 8.24. The first-order chi connectivity index (χ1) is 17.4. The number of ether oxygens (including phenoxy) is 1. The SMILES string of the molecule is COc1cc([N+](=O)[O-])ccc1NC(=O)[C@H](Cc1ccccc1)N1C(=O)[C@@H]2[C@@H]3C=C[C@H]([C@H]4C[C@@H]34)[C@@H]2C1=O. The number of nitro groups is 1. The molecule has 0 radical (unpaired) electrons. The van der Waals surface area contributed by atoms with Gasteiger partial charge in [-0.15, -0.1) is 0 Å². The Kier molecular flexibility index (Phi) is 5.17. The van der Waals surface area contributed by atoms with Crippen molar-refractivity contribution in [2.45, 2.75) is 18.9 Å². The zero-order valence-corrected chi connectivity index (χ0v) is 19.6. The molecule has 5 aliphatic rings. The molecule has 7 atom stereocenters. The molecule has 0 spiro atoms. The number of likely N-dealkylation sites (tertiary alicyclic amines) is 1. The van der Waals surface area contributed by atoms with Gasteiger partial charge in [0.25, 0.3) is 5.69 Å². The number of carbonyl (C=O) groups excluding carboxylic acids is 3. The van der Waals surface area contributed by atoms with Crippen LogP contribution >= 0.6 is 0 Å². The molecular formula is C27H25N3O6. The van der Waals surface area contributed by atoms with Crippen molar-refractivity contribution < 1.29 is 24.0 Å². The molecule has 7 rings (SSSR count). The summed E-state index contributed by atoms with van der Waals surface area (Å²) in [4.78, 5) is 52.9. The van der Waals surface area contributed by atoms with Crippen molar-refractivity contribution in [1.29, 1.82) is 0 Å². The van der Waals surface area contributed by atoms with Gasteiger partial charge in [-0.25, -0.2) is 0 Å². The Hall–Kier alpha value is -4.01. The molecule has 2 bridgehead atoms. The van der Waals surface area contributed by atoms with Crippen LogP contribution in [0, 0.1) is 45.6 Å². The third kappa shape index (κ3) is 3.41. The summed E-state index contributed by atoms with van der Waals surface area (Å²) in [5.74, 6) is -0.756. The van der Waals surface area contributed by atoms with Gasteiger partial charge in [-0.05, 0) is 41.7 Å². The molecule has 0 aromatic heterocycles. The summed E-state index contributed by atoms with van der Waals surface area (Å²) in [5, 5.41) is 13.9. The van der Waals surface area contributed by atoms with Crippen LogP contribution in [0.4, 0.5) is 11.4 Å². The molecule has 1 N–H and O–H groups in total. The summed E-state index contributed by atoms with van der Waals surface area (Å²) >= 11 is 0. The molecule has 1 heterocycles. The number of nitrogens with zero attached hydrogens (tertiary/aromatic N) is 2. The number of anilines is 1. The van der Waals surface area contributed by atoms with Crippen LogP contribution in [-0.2, 0) is 20.8 Å². The van der Waals surface area contributed by atoms with E-state index in [2.05, 4.69) is 17.5 Å². The number of carbonyl (C=O) groups is 3. The summed E-state index contributed by atoms with van der Waals surface area (Å²) < 4.78 is 5.26. The number of allylic oxidation sites excluding steroid dienone is 2. The molecule has 3 fully saturated rings. The predicted molar refractivity (Wildman–Crippen MR) is 129 cm³/mol. The molecule has 9 nitrogen and oxygen atoms in total. The normalized spacial score (nSPS) is 30.0. The maximum Gasteiger partial charge on any atom is 0.273 e. The molecule has 1 saturated heterocycles. The number of non-ortho nitro benzene ring substituents is 1. The van der Waals surface area contributed by atoms with Gasteiger partial charge in [-0.3, -0.25) is 29.4 Å². The maximum absolute atomic E-state index is 13.7. The van der Waals surface area contributed by atoms with Gasteiger partial charge in [0.1, 0.15) is 11.8 Å². The van der Waals surface area contributed by atoms with Crippen molar-refractivity contribution in [1.82, 2.24) is 4.90 Å². The van der Waals surface area contributed by atoms with E-state index in [9.17, 15) is 24.5 Å². The van der Waals surface area contributed by atoms with Gasteiger partial charge >= 0.3 is 0 Å². The maximum atomic E-state index is 13.7. The molecule has 2 aromatic rings. The monoisotopic (exact) mass is 487 g/mol. The number of nitro benzene ring substituents is 1. The highest BCUT2D eigenvalue weighted by Gasteiger charge is 2.67. The zero-order chi connectivity index (χ0) is 25.1. The van der Waals surface area contributed by atoms with Crippen LogP contribution in [0.25, 0.3) is 0 Å². The third-order valence-electron chi connectivity index (χ3n) is 8.24. The Labute approximate surface area is 207 Å². The molecule has 36 heavy (non-hydrogen) atoms. The number of hydrogen-bond donors (Lipinski definition) is 1. The smallest absolute Gasteiger partial charge is 0.273 e. The summed E-state index contributed by atoms with van der Waals surface area (Å²) in [6, 6.07) is 12.1. The Morgan fingerprint density at radius 3 is 2.31 bits per heavy atom. The minimum absolute atomic E-state index is 0.0571. The lowest BCUT2D eigenvalue weighted by Gasteiger charge is -2.37. The van der Waals surface area contributed by atoms with E-state index < -0.39 is 28.7 Å². The second-order valence-corrected chi connectivity index (χ2v) is 10.0. The average molecular weight is 488 g/mol. The Morgan fingerprint density at radius 1 is 1.08 bits per heavy atom. The first kappa shape index (κ1) is 22.5. The van der Waals surface area contributed by atoms with Crippen LogP contribution in [0.3, 0.4) is 0 Å². The summed E-state index contributed by atoms with van der Waals surface area (Å²) in [6.45, 7) is 0. The molecule has 1 aliphatic heterocycles. The van der Waals surface area contributed by atoms with E-state index in [0.29, 0.717) is 11.8 Å². The highest BCUT2D eigenvalue weighted by molar-refractivity contribution is 6.11. The lowest BCUT2D eigenvalue weighted by Crippen LogP contribution is -2.49. The quantitative estimate of drug-likeness (QED) is 0.277. The Bertz CT molecular complexity index is 1270. The first-order valence-electron chi connectivity index (χ1n) is 12.1. The van der Waals surface area contributed by atoms with Gasteiger partial charge in [-0.2, -0.15) is 0 Å². The minimum Gasteiger partial charge on any atom is -0.494 e. The lowest BCUT2D eigenvalue weighted by molar-refractivity contribution is -0.384. The molecule has 2 saturated carbocycles. The van der Waals surface area contributed by atoms with Crippen LogP contribution < -0.4 is 10.1 Å². The van der Waals surface area contributed by atoms with Crippen molar-refractivity contribution >= 4 is 29.1 Å². The number of nitrogens with one attached hydrogen (secondary N) is 1. The van der Waals surface area contributed by atoms with Crippen molar-refractivity contribution in [3.05, 3.63) is 76.4 Å². The average Bonchev–Trinajstić information content (AvgIpc) is 3.67. The van der Waals surface area contributed by atoms with Gasteiger partial charge in [-0.1, -0.05) is 42.5 Å². The van der Waals surface area contributed by atoms with Crippen molar-refractivity contribution in [3.8, 4) is 5.75 Å². The summed E-state index contributed by atoms with van der Waals surface area (Å²) in [5.41, 5.74) is 0.861. The zero-order valence-electron chi connectivity index (χ0n) is 19.6. The fourth-order valence-corrected chi connectivity index (χ4v) is 6.54. The Balaban J connectivity index is 1.33. The lowest BCUT2D eigenvalue weighted by atomic mass is 9.63. The van der Waals surface area contributed by atoms with E-state index in [1.807, 2.05) is 30.3 Å². The molecule has 0 unspecified atom stereocenters. The van der Waals surface area contributed by atoms with Crippen LogP contribution in [0.1, 0.15) is 12.0 Å². The van der Waals surface area contributed by atoms with Crippen molar-refractivity contribution in [2.75, 3.05) is 12.4 Å². The highest BCUT2D eigenvalue weighted by atomic mass is 16.6. The molecule has 3 amide bonds. The van der Waals surface area contributed by atoms with E-state index in [1.165, 1.54) is 30.2 Å². The fourth-order valence-electron chi connectivity index (χ4n) is 6.54. The van der Waals surface area contributed by atoms with Crippen LogP contribution in [0.15, 0.2) is 60.7 Å². The fraction of sp³-hybridized carbons (Fsp3) is 0.370. The van der Waals surface area contributed by atoms with E-state index in [1.54, 1.807) is 0 Å². The molecule has 2 aromatic carbocycles. The minimum atomic E-state index is -1.06. The number of amides is 3. The second-order valence-electron chi connectivity index (χ2n) is 10.0. The van der Waals surface area contributed by atoms with Crippen LogP contribution in [0.5, 0.6) is 5.75 Å². The molecule has 9 heteroatoms. The Morgan fingerprint density at radius 2 is 1.72 bits per heavy atom. The largest absolute Gasteiger partial charge is 0.494 e. The molecular weight excluding hydrogens is 462 g/mol. The topological polar surface area (TPSA) is 119 Å². The van der Waals surface area contributed by atoms with Crippen molar-refractivity contribution in [3.63, 3.8) is 0 Å². The number of imide groups is 1. The number of methoxy groups -OCH3 is 1. The van der Waals surface area contributed by atoms with E-state index in [-0.39, 0.29) is 47.2 Å². The van der Waals surface area contributed by atoms with Gasteiger partial charge < -0.3 is 10.1 Å². The van der Waals surface area contributed by atoms with E-state index >= 15 is 0 Å². The predicted octanol–water partition coefficient (Wildman–Crippen LogP) is 3.21. The molecule has 4 aliphatic carbocycles. The van der Waals surface area contributed by atoms with Crippen molar-refractivity contribution in [2.24, 2.45) is 35.5 Å². The summed E-state index contributed by atoms with van der Waals surface area (Å²) in [7, 11) is 1.35. The van der Waals surface area contributed by atoms with E-state index in [0.717, 1.165) is 12.0 Å². The van der Waals surface area contributed by atoms with Gasteiger partial charge in [0.15, 0.2) is 0 Å². The number of hydrogen-bond acceptors (Lipinski definition) is 6. The summed E-state index contributed by atoms with van der Waals surface area (Å²) in [6.07, 6.45) is 5.42. The number of rotatable bonds is 7. The standard InChI is InChI=1S/C27H25N3O6/c1-36-22-12-15(30(34)35)7-10-20(22)28-25(31)21(11-14-5-3-2-4-6-14)29-26(32)23-16-8-9-17(19-13-18(16)19)24(23)27(29)33/h2-10,12,16-19,21,23-24H,11,13H2,1H3,(H,28,31)/t16-,17-,18-,19+,21+,23+,24-/m1/s1. The second kappa shape index (κ2) is 8.29. The van der Waals surface area contributed by atoms with Gasteiger partial charge in [0.2, 0.25) is 17.7 Å². The van der Waals surface area contributed by atoms with Gasteiger partial charge in [0, 0.05) is 12.5 Å². The van der Waals surface area contributed by atoms with Crippen LogP contribution in [0.2, 0.25) is 0 Å². The first-order valence-corrected chi connectivity index (χ1v) is 12.1. The number of benzene rings is 2. The highest BCUT2D eigenvalue weighted by Crippen LogP contribution is 2.65. The van der Waals surface area contributed by atoms with E-state index in [4.69, 9.17) is 4.74 Å².